The standard InChI is InChI=1S/C24H17ClN6O4S2/c25-20-3-1-15(37-20)10-28-21-9-16(29-31(21)24(35)19-11-27-13-36-19)23-17(32)2-4-22(34)30(23)12-18(33)14-5-7-26-8-6-14/h1-9,11,13,28,32H,10,12H2. The fourth-order valence-corrected chi connectivity index (χ4v) is 5.17. The van der Waals surface area contributed by atoms with Crippen LogP contribution in [-0.4, -0.2) is 41.1 Å². The van der Waals surface area contributed by atoms with E-state index in [4.69, 9.17) is 11.6 Å². The maximum absolute atomic E-state index is 13.2. The maximum atomic E-state index is 13.2. The number of hydrogen-bond acceptors (Lipinski definition) is 10. The lowest BCUT2D eigenvalue weighted by atomic mass is 10.1. The van der Waals surface area contributed by atoms with Crippen LogP contribution in [0.5, 0.6) is 5.75 Å². The molecule has 0 aliphatic heterocycles. The number of hydrogen-bond donors (Lipinski definition) is 2. The van der Waals surface area contributed by atoms with Crippen LogP contribution in [0.2, 0.25) is 4.34 Å². The Morgan fingerprint density at radius 3 is 2.59 bits per heavy atom. The average molecular weight is 553 g/mol. The lowest BCUT2D eigenvalue weighted by molar-refractivity contribution is 0.0948. The second-order valence-corrected chi connectivity index (χ2v) is 10.4. The number of ketones is 1. The third-order valence-electron chi connectivity index (χ3n) is 5.33. The van der Waals surface area contributed by atoms with Crippen molar-refractivity contribution in [3.63, 3.8) is 0 Å². The lowest BCUT2D eigenvalue weighted by Gasteiger charge is -2.12. The van der Waals surface area contributed by atoms with Crippen molar-refractivity contribution in [2.24, 2.45) is 0 Å². The molecule has 5 aromatic rings. The Bertz CT molecular complexity index is 1640. The summed E-state index contributed by atoms with van der Waals surface area (Å²) in [6.07, 6.45) is 4.39. The van der Waals surface area contributed by atoms with Crippen LogP contribution in [-0.2, 0) is 13.1 Å². The number of thiophene rings is 1. The Balaban J connectivity index is 1.57. The van der Waals surface area contributed by atoms with Gasteiger partial charge >= 0.3 is 0 Å². The summed E-state index contributed by atoms with van der Waals surface area (Å²) in [5, 5.41) is 18.3. The second kappa shape index (κ2) is 10.5. The Labute approximate surface area is 222 Å². The molecule has 0 unspecified atom stereocenters. The number of rotatable bonds is 8. The summed E-state index contributed by atoms with van der Waals surface area (Å²) in [6, 6.07) is 10.6. The van der Waals surface area contributed by atoms with Crippen molar-refractivity contribution < 1.29 is 14.7 Å². The van der Waals surface area contributed by atoms with Gasteiger partial charge in [-0.25, -0.2) is 0 Å². The quantitative estimate of drug-likeness (QED) is 0.274. The first-order chi connectivity index (χ1) is 17.9. The third-order valence-corrected chi connectivity index (χ3v) is 7.32. The number of pyridine rings is 2. The second-order valence-electron chi connectivity index (χ2n) is 7.71. The van der Waals surface area contributed by atoms with Crippen molar-refractivity contribution >= 4 is 51.8 Å². The monoisotopic (exact) mass is 552 g/mol. The van der Waals surface area contributed by atoms with Gasteiger partial charge in [0.05, 0.1) is 29.1 Å². The number of Topliss-reactive ketones (excluding diaryl/α,β-unsaturated/α-hetero) is 1. The van der Waals surface area contributed by atoms with E-state index < -0.39 is 11.5 Å². The molecule has 0 amide bonds. The van der Waals surface area contributed by atoms with E-state index in [-0.39, 0.29) is 29.5 Å². The first-order valence-corrected chi connectivity index (χ1v) is 12.9. The molecule has 5 aromatic heterocycles. The van der Waals surface area contributed by atoms with Gasteiger partial charge in [-0.15, -0.1) is 22.7 Å². The highest BCUT2D eigenvalue weighted by molar-refractivity contribution is 7.16. The molecule has 37 heavy (non-hydrogen) atoms. The van der Waals surface area contributed by atoms with E-state index in [1.165, 1.54) is 59.7 Å². The van der Waals surface area contributed by atoms with E-state index in [0.717, 1.165) is 31.5 Å². The predicted octanol–water partition coefficient (Wildman–Crippen LogP) is 4.17. The molecular weight excluding hydrogens is 536 g/mol. The van der Waals surface area contributed by atoms with E-state index >= 15 is 0 Å². The van der Waals surface area contributed by atoms with Crippen molar-refractivity contribution in [2.45, 2.75) is 13.1 Å². The number of thiazole rings is 1. The van der Waals surface area contributed by atoms with Crippen LogP contribution in [0.1, 0.15) is 24.9 Å². The van der Waals surface area contributed by atoms with E-state index in [1.54, 1.807) is 6.07 Å². The number of anilines is 1. The van der Waals surface area contributed by atoms with Gasteiger partial charge in [0.2, 0.25) is 0 Å². The molecule has 0 atom stereocenters. The zero-order valence-electron chi connectivity index (χ0n) is 18.9. The molecule has 0 saturated carbocycles. The molecule has 0 aliphatic carbocycles. The number of aromatic nitrogens is 5. The molecule has 13 heteroatoms. The first kappa shape index (κ1) is 24.6. The van der Waals surface area contributed by atoms with Crippen LogP contribution in [0, 0.1) is 0 Å². The fraction of sp³-hybridized carbons (Fsp3) is 0.0833. The number of nitrogens with one attached hydrogen (secondary N) is 1. The van der Waals surface area contributed by atoms with Crippen LogP contribution in [0.25, 0.3) is 11.4 Å². The first-order valence-electron chi connectivity index (χ1n) is 10.8. The topological polar surface area (TPSA) is 132 Å². The number of nitrogens with zero attached hydrogens (tertiary/aromatic N) is 5. The van der Waals surface area contributed by atoms with Gasteiger partial charge in [-0.1, -0.05) is 11.6 Å². The zero-order chi connectivity index (χ0) is 25.9. The number of carbonyl (C=O) groups excluding carboxylic acids is 2. The van der Waals surface area contributed by atoms with E-state index in [0.29, 0.717) is 27.1 Å². The lowest BCUT2D eigenvalue weighted by Crippen LogP contribution is -2.25. The Morgan fingerprint density at radius 2 is 1.89 bits per heavy atom. The van der Waals surface area contributed by atoms with Crippen LogP contribution in [0.4, 0.5) is 5.82 Å². The van der Waals surface area contributed by atoms with Gasteiger partial charge in [-0.2, -0.15) is 9.78 Å². The largest absolute Gasteiger partial charge is 0.506 e. The Morgan fingerprint density at radius 1 is 1.08 bits per heavy atom. The van der Waals surface area contributed by atoms with Crippen LogP contribution < -0.4 is 10.9 Å². The van der Waals surface area contributed by atoms with Crippen molar-refractivity contribution in [2.75, 3.05) is 5.32 Å². The molecule has 0 aromatic carbocycles. The molecular formula is C24H17ClN6O4S2. The molecule has 0 saturated heterocycles. The van der Waals surface area contributed by atoms with Crippen molar-refractivity contribution in [1.82, 2.24) is 24.3 Å². The minimum Gasteiger partial charge on any atom is -0.506 e. The highest BCUT2D eigenvalue weighted by Gasteiger charge is 2.23. The third kappa shape index (κ3) is 5.21. The molecule has 186 valence electrons. The minimum atomic E-state index is -0.513. The SMILES string of the molecule is O=C(Cn1c(-c2cc(NCc3ccc(Cl)s3)n(C(=O)c3cncs3)n2)c(O)ccc1=O)c1ccncc1. The van der Waals surface area contributed by atoms with Gasteiger partial charge in [0.1, 0.15) is 27.8 Å². The molecule has 10 nitrogen and oxygen atoms in total. The van der Waals surface area contributed by atoms with Gasteiger partial charge in [0.15, 0.2) is 5.78 Å². The Kier molecular flexibility index (Phi) is 6.95. The van der Waals surface area contributed by atoms with Crippen molar-refractivity contribution in [3.8, 4) is 17.1 Å². The molecule has 0 aliphatic rings. The van der Waals surface area contributed by atoms with Gasteiger partial charge in [-0.05, 0) is 30.3 Å². The van der Waals surface area contributed by atoms with Gasteiger partial charge in [0, 0.05) is 35.0 Å². The molecule has 0 bridgehead atoms. The zero-order valence-corrected chi connectivity index (χ0v) is 21.3. The van der Waals surface area contributed by atoms with Crippen molar-refractivity contribution in [3.05, 3.63) is 96.6 Å². The average Bonchev–Trinajstić information content (AvgIpc) is 3.67. The molecule has 0 radical (unpaired) electrons. The summed E-state index contributed by atoms with van der Waals surface area (Å²) in [4.78, 5) is 48.0. The highest BCUT2D eigenvalue weighted by Crippen LogP contribution is 2.30. The Hall–Kier alpha value is -4.13. The number of halogens is 1. The van der Waals surface area contributed by atoms with E-state index in [2.05, 4.69) is 20.4 Å². The van der Waals surface area contributed by atoms with Gasteiger partial charge < -0.3 is 10.4 Å². The molecule has 2 N–H and O–H groups in total. The molecule has 5 heterocycles. The number of aromatic hydroxyl groups is 1. The summed E-state index contributed by atoms with van der Waals surface area (Å²) < 4.78 is 2.90. The maximum Gasteiger partial charge on any atom is 0.291 e. The van der Waals surface area contributed by atoms with Gasteiger partial charge in [-0.3, -0.25) is 28.9 Å². The highest BCUT2D eigenvalue weighted by atomic mass is 35.5. The normalized spacial score (nSPS) is 10.9. The van der Waals surface area contributed by atoms with Crippen LogP contribution >= 0.6 is 34.3 Å². The van der Waals surface area contributed by atoms with Gasteiger partial charge in [0.25, 0.3) is 11.5 Å². The summed E-state index contributed by atoms with van der Waals surface area (Å²) in [5.74, 6) is -0.753. The van der Waals surface area contributed by atoms with Crippen molar-refractivity contribution in [1.29, 1.82) is 0 Å². The summed E-state index contributed by atoms with van der Waals surface area (Å²) >= 11 is 8.57. The molecule has 5 rings (SSSR count). The van der Waals surface area contributed by atoms with E-state index in [9.17, 15) is 19.5 Å². The minimum absolute atomic E-state index is 0.00739. The predicted molar refractivity (Wildman–Crippen MR) is 141 cm³/mol. The summed E-state index contributed by atoms with van der Waals surface area (Å²) in [6.45, 7) is 0.00524. The fourth-order valence-electron chi connectivity index (χ4n) is 3.59. The number of carbonyl (C=O) groups is 2. The van der Waals surface area contributed by atoms with E-state index in [1.807, 2.05) is 6.07 Å². The summed E-state index contributed by atoms with van der Waals surface area (Å²) in [7, 11) is 0. The molecule has 0 spiro atoms. The smallest absolute Gasteiger partial charge is 0.291 e. The summed E-state index contributed by atoms with van der Waals surface area (Å²) in [5.41, 5.74) is 1.51. The van der Waals surface area contributed by atoms with Crippen LogP contribution in [0.3, 0.4) is 0 Å². The van der Waals surface area contributed by atoms with Crippen LogP contribution in [0.15, 0.2) is 71.4 Å². The molecule has 0 fully saturated rings.